The van der Waals surface area contributed by atoms with Crippen molar-refractivity contribution >= 4 is 22.5 Å². The van der Waals surface area contributed by atoms with Gasteiger partial charge in [0.2, 0.25) is 0 Å². The van der Waals surface area contributed by atoms with Crippen LogP contribution in [-0.4, -0.2) is 53.9 Å². The Morgan fingerprint density at radius 2 is 1.70 bits per heavy atom. The van der Waals surface area contributed by atoms with Gasteiger partial charge in [-0.2, -0.15) is 5.26 Å². The van der Waals surface area contributed by atoms with E-state index in [0.29, 0.717) is 18.7 Å². The molecule has 6 heteroatoms. The van der Waals surface area contributed by atoms with Gasteiger partial charge in [-0.15, -0.1) is 0 Å². The SMILES string of the molecule is C=C(N1CCN(C(=O)c2ccc(-c3ccc4c(NC)nccc4c3)cc2)CC1)C1(C#N)CC1. The second-order valence-corrected chi connectivity index (χ2v) is 8.84. The lowest BCUT2D eigenvalue weighted by Gasteiger charge is -2.38. The maximum absolute atomic E-state index is 13.1. The van der Waals surface area contributed by atoms with Crippen molar-refractivity contribution in [3.05, 3.63) is 72.6 Å². The normalized spacial score (nSPS) is 16.8. The Labute approximate surface area is 194 Å². The largest absolute Gasteiger partial charge is 0.373 e. The van der Waals surface area contributed by atoms with Gasteiger partial charge >= 0.3 is 0 Å². The molecule has 2 heterocycles. The van der Waals surface area contributed by atoms with Crippen LogP contribution in [0.4, 0.5) is 5.82 Å². The molecule has 0 radical (unpaired) electrons. The van der Waals surface area contributed by atoms with Gasteiger partial charge in [-0.1, -0.05) is 30.8 Å². The summed E-state index contributed by atoms with van der Waals surface area (Å²) in [5.41, 5.74) is 3.45. The molecular weight excluding hydrogens is 410 g/mol. The number of anilines is 1. The summed E-state index contributed by atoms with van der Waals surface area (Å²) in [4.78, 5) is 21.5. The van der Waals surface area contributed by atoms with Crippen LogP contribution in [0.1, 0.15) is 23.2 Å². The van der Waals surface area contributed by atoms with Crippen molar-refractivity contribution < 1.29 is 4.79 Å². The van der Waals surface area contributed by atoms with Crippen LogP contribution in [0.15, 0.2) is 67.0 Å². The molecule has 0 bridgehead atoms. The van der Waals surface area contributed by atoms with Crippen molar-refractivity contribution in [2.45, 2.75) is 12.8 Å². The number of aromatic nitrogens is 1. The number of amides is 1. The zero-order chi connectivity index (χ0) is 23.0. The number of rotatable bonds is 5. The highest BCUT2D eigenvalue weighted by Gasteiger charge is 2.48. The van der Waals surface area contributed by atoms with Crippen LogP contribution in [0.2, 0.25) is 0 Å². The number of fused-ring (bicyclic) bond motifs is 1. The van der Waals surface area contributed by atoms with E-state index < -0.39 is 0 Å². The number of carbonyl (C=O) groups is 1. The van der Waals surface area contributed by atoms with Gasteiger partial charge in [-0.3, -0.25) is 4.79 Å². The minimum atomic E-state index is -0.351. The number of hydrogen-bond donors (Lipinski definition) is 1. The summed E-state index contributed by atoms with van der Waals surface area (Å²) in [7, 11) is 1.87. The van der Waals surface area contributed by atoms with Crippen molar-refractivity contribution in [1.29, 1.82) is 5.26 Å². The molecule has 1 aliphatic heterocycles. The van der Waals surface area contributed by atoms with Gasteiger partial charge in [-0.05, 0) is 53.6 Å². The summed E-state index contributed by atoms with van der Waals surface area (Å²) in [5, 5.41) is 14.8. The number of pyridine rings is 1. The van der Waals surface area contributed by atoms with Gasteiger partial charge in [-0.25, -0.2) is 4.98 Å². The molecule has 3 aromatic rings. The van der Waals surface area contributed by atoms with E-state index in [4.69, 9.17) is 0 Å². The summed E-state index contributed by atoms with van der Waals surface area (Å²) >= 11 is 0. The quantitative estimate of drug-likeness (QED) is 0.635. The highest BCUT2D eigenvalue weighted by atomic mass is 16.2. The second kappa shape index (κ2) is 8.25. The molecule has 166 valence electrons. The third kappa shape index (κ3) is 3.80. The van der Waals surface area contributed by atoms with Gasteiger partial charge in [0.15, 0.2) is 0 Å². The predicted octanol–water partition coefficient (Wildman–Crippen LogP) is 4.52. The molecule has 1 saturated carbocycles. The third-order valence-corrected chi connectivity index (χ3v) is 6.93. The summed E-state index contributed by atoms with van der Waals surface area (Å²) in [6.07, 6.45) is 3.61. The highest BCUT2D eigenvalue weighted by molar-refractivity contribution is 5.96. The first kappa shape index (κ1) is 21.0. The minimum Gasteiger partial charge on any atom is -0.373 e. The van der Waals surface area contributed by atoms with E-state index >= 15 is 0 Å². The van der Waals surface area contributed by atoms with Crippen LogP contribution in [0.5, 0.6) is 0 Å². The Kier molecular flexibility index (Phi) is 5.26. The molecule has 5 rings (SSSR count). The number of allylic oxidation sites excluding steroid dienone is 1. The lowest BCUT2D eigenvalue weighted by atomic mass is 10.0. The number of benzene rings is 2. The fraction of sp³-hybridized carbons (Fsp3) is 0.296. The van der Waals surface area contributed by atoms with E-state index in [0.717, 1.165) is 59.3 Å². The van der Waals surface area contributed by atoms with Crippen LogP contribution >= 0.6 is 0 Å². The highest BCUT2D eigenvalue weighted by Crippen LogP contribution is 2.51. The number of piperazine rings is 1. The molecule has 0 spiro atoms. The average molecular weight is 438 g/mol. The van der Waals surface area contributed by atoms with Crippen LogP contribution < -0.4 is 5.32 Å². The molecule has 1 aromatic heterocycles. The minimum absolute atomic E-state index is 0.0523. The Balaban J connectivity index is 1.26. The van der Waals surface area contributed by atoms with Crippen molar-refractivity contribution in [2.24, 2.45) is 5.41 Å². The first-order chi connectivity index (χ1) is 16.0. The van der Waals surface area contributed by atoms with E-state index in [1.54, 1.807) is 6.20 Å². The lowest BCUT2D eigenvalue weighted by molar-refractivity contribution is 0.0662. The standard InChI is InChI=1S/C27H27N5O/c1-19(27(18-28)10-11-27)31-13-15-32(16-14-31)26(33)21-5-3-20(4-6-21)22-7-8-24-23(17-22)9-12-30-25(24)29-2/h3-9,12,17H,1,10-11,13-16H2,2H3,(H,29,30). The Hall–Kier alpha value is -3.85. The van der Waals surface area contributed by atoms with E-state index in [1.807, 2.05) is 42.3 Å². The molecule has 1 amide bonds. The summed E-state index contributed by atoms with van der Waals surface area (Å²) in [6, 6.07) is 18.6. The van der Waals surface area contributed by atoms with Gasteiger partial charge in [0.1, 0.15) is 5.82 Å². The van der Waals surface area contributed by atoms with Crippen LogP contribution in [-0.2, 0) is 0 Å². The average Bonchev–Trinajstić information content (AvgIpc) is 3.69. The molecular formula is C27H27N5O. The topological polar surface area (TPSA) is 72.3 Å². The van der Waals surface area contributed by atoms with Gasteiger partial charge < -0.3 is 15.1 Å². The van der Waals surface area contributed by atoms with Gasteiger partial charge in [0, 0.05) is 56.1 Å². The zero-order valence-corrected chi connectivity index (χ0v) is 18.8. The first-order valence-corrected chi connectivity index (χ1v) is 11.4. The second-order valence-electron chi connectivity index (χ2n) is 8.84. The van der Waals surface area contributed by atoms with Crippen molar-refractivity contribution in [3.63, 3.8) is 0 Å². The van der Waals surface area contributed by atoms with Crippen molar-refractivity contribution in [2.75, 3.05) is 38.5 Å². The monoisotopic (exact) mass is 437 g/mol. The molecule has 1 saturated heterocycles. The lowest BCUT2D eigenvalue weighted by Crippen LogP contribution is -2.49. The summed E-state index contributed by atoms with van der Waals surface area (Å²) < 4.78 is 0. The van der Waals surface area contributed by atoms with Crippen molar-refractivity contribution in [3.8, 4) is 17.2 Å². The van der Waals surface area contributed by atoms with E-state index in [1.165, 1.54) is 0 Å². The Bertz CT molecular complexity index is 1260. The number of carbonyl (C=O) groups excluding carboxylic acids is 1. The van der Waals surface area contributed by atoms with E-state index in [-0.39, 0.29) is 11.3 Å². The van der Waals surface area contributed by atoms with Crippen LogP contribution in [0, 0.1) is 16.7 Å². The number of nitrogens with zero attached hydrogens (tertiary/aromatic N) is 4. The number of nitriles is 1. The molecule has 0 atom stereocenters. The van der Waals surface area contributed by atoms with Gasteiger partial charge in [0.25, 0.3) is 5.91 Å². The maximum Gasteiger partial charge on any atom is 0.253 e. The zero-order valence-electron chi connectivity index (χ0n) is 18.8. The number of hydrogen-bond acceptors (Lipinski definition) is 5. The smallest absolute Gasteiger partial charge is 0.253 e. The van der Waals surface area contributed by atoms with Crippen LogP contribution in [0.3, 0.4) is 0 Å². The summed E-state index contributed by atoms with van der Waals surface area (Å²) in [5.74, 6) is 0.917. The third-order valence-electron chi connectivity index (χ3n) is 6.93. The molecule has 2 aliphatic rings. The Morgan fingerprint density at radius 3 is 2.33 bits per heavy atom. The fourth-order valence-corrected chi connectivity index (χ4v) is 4.62. The molecule has 0 unspecified atom stereocenters. The molecule has 2 fully saturated rings. The fourth-order valence-electron chi connectivity index (χ4n) is 4.62. The maximum atomic E-state index is 13.1. The van der Waals surface area contributed by atoms with Gasteiger partial charge in [0.05, 0.1) is 11.5 Å². The molecule has 6 nitrogen and oxygen atoms in total. The van der Waals surface area contributed by atoms with E-state index in [2.05, 4.69) is 46.0 Å². The summed E-state index contributed by atoms with van der Waals surface area (Å²) in [6.45, 7) is 6.92. The Morgan fingerprint density at radius 1 is 1.03 bits per heavy atom. The van der Waals surface area contributed by atoms with E-state index in [9.17, 15) is 10.1 Å². The number of nitrogens with one attached hydrogen (secondary N) is 1. The molecule has 1 aliphatic carbocycles. The van der Waals surface area contributed by atoms with Crippen molar-refractivity contribution in [1.82, 2.24) is 14.8 Å². The van der Waals surface area contributed by atoms with Crippen LogP contribution in [0.25, 0.3) is 21.9 Å². The first-order valence-electron chi connectivity index (χ1n) is 11.4. The predicted molar refractivity (Wildman–Crippen MR) is 131 cm³/mol. The molecule has 33 heavy (non-hydrogen) atoms. The molecule has 1 N–H and O–H groups in total. The molecule has 2 aromatic carbocycles.